The third-order valence-electron chi connectivity index (χ3n) is 4.29. The highest BCUT2D eigenvalue weighted by Gasteiger charge is 2.24. The molecule has 1 aromatic heterocycles. The molecule has 7 heteroatoms. The molecule has 1 fully saturated rings. The number of carbonyl (C=O) groups is 2. The van der Waals surface area contributed by atoms with Crippen molar-refractivity contribution in [3.63, 3.8) is 0 Å². The van der Waals surface area contributed by atoms with Crippen LogP contribution in [-0.4, -0.2) is 50.0 Å². The Kier molecular flexibility index (Phi) is 4.88. The molecule has 1 aromatic carbocycles. The van der Waals surface area contributed by atoms with E-state index in [1.54, 1.807) is 0 Å². The highest BCUT2D eigenvalue weighted by atomic mass is 16.4. The van der Waals surface area contributed by atoms with Gasteiger partial charge in [0.25, 0.3) is 0 Å². The van der Waals surface area contributed by atoms with Crippen molar-refractivity contribution in [3.8, 4) is 0 Å². The van der Waals surface area contributed by atoms with Gasteiger partial charge in [0, 0.05) is 13.1 Å². The number of benzene rings is 1. The maximum atomic E-state index is 12.4. The van der Waals surface area contributed by atoms with Crippen LogP contribution in [0.25, 0.3) is 0 Å². The first-order chi connectivity index (χ1) is 11.6. The summed E-state index contributed by atoms with van der Waals surface area (Å²) in [4.78, 5) is 25.1. The number of hydrogen-bond donors (Lipinski definition) is 1. The molecule has 0 radical (unpaired) electrons. The predicted molar refractivity (Wildman–Crippen MR) is 86.4 cm³/mol. The molecule has 3 rings (SSSR count). The molecule has 1 aliphatic rings. The fraction of sp³-hybridized carbons (Fsp3) is 0.412. The summed E-state index contributed by atoms with van der Waals surface area (Å²) in [6, 6.07) is 10.3. The van der Waals surface area contributed by atoms with Crippen LogP contribution in [0.1, 0.15) is 28.9 Å². The van der Waals surface area contributed by atoms with Gasteiger partial charge in [0.15, 0.2) is 5.69 Å². The van der Waals surface area contributed by atoms with Crippen LogP contribution in [0.2, 0.25) is 0 Å². The normalized spacial score (nSPS) is 17.7. The van der Waals surface area contributed by atoms with E-state index in [1.165, 1.54) is 16.4 Å². The van der Waals surface area contributed by atoms with Crippen molar-refractivity contribution in [1.29, 1.82) is 0 Å². The largest absolute Gasteiger partial charge is 0.476 e. The van der Waals surface area contributed by atoms with Gasteiger partial charge in [-0.1, -0.05) is 35.5 Å². The van der Waals surface area contributed by atoms with Crippen molar-refractivity contribution in [2.75, 3.05) is 13.1 Å². The minimum Gasteiger partial charge on any atom is -0.476 e. The number of nitrogens with zero attached hydrogens (tertiary/aromatic N) is 4. The van der Waals surface area contributed by atoms with Crippen molar-refractivity contribution in [2.45, 2.75) is 25.8 Å². The van der Waals surface area contributed by atoms with Gasteiger partial charge < -0.3 is 10.0 Å². The van der Waals surface area contributed by atoms with Gasteiger partial charge in [-0.05, 0) is 30.7 Å². The number of aromatic nitrogens is 3. The maximum absolute atomic E-state index is 12.4. The van der Waals surface area contributed by atoms with Gasteiger partial charge in [0.2, 0.25) is 5.91 Å². The van der Waals surface area contributed by atoms with E-state index in [2.05, 4.69) is 22.4 Å². The molecule has 24 heavy (non-hydrogen) atoms. The predicted octanol–water partition coefficient (Wildman–Crippen LogP) is 1.46. The lowest BCUT2D eigenvalue weighted by Gasteiger charge is -2.33. The van der Waals surface area contributed by atoms with Crippen molar-refractivity contribution in [2.24, 2.45) is 5.92 Å². The average molecular weight is 328 g/mol. The topological polar surface area (TPSA) is 88.3 Å². The van der Waals surface area contributed by atoms with Crippen LogP contribution in [0, 0.1) is 5.92 Å². The van der Waals surface area contributed by atoms with E-state index in [0.29, 0.717) is 5.92 Å². The number of hydrogen-bond acceptors (Lipinski definition) is 4. The SMILES string of the molecule is O=C(O)c1cn(CC(=O)N2CCCC(Cc3ccccc3)C2)nn1. The second-order valence-electron chi connectivity index (χ2n) is 6.14. The van der Waals surface area contributed by atoms with Crippen molar-refractivity contribution in [1.82, 2.24) is 19.9 Å². The highest BCUT2D eigenvalue weighted by molar-refractivity contribution is 5.84. The van der Waals surface area contributed by atoms with E-state index in [1.807, 2.05) is 23.1 Å². The van der Waals surface area contributed by atoms with Crippen LogP contribution in [0.3, 0.4) is 0 Å². The third kappa shape index (κ3) is 3.98. The summed E-state index contributed by atoms with van der Waals surface area (Å²) in [5, 5.41) is 16.1. The zero-order chi connectivity index (χ0) is 16.9. The van der Waals surface area contributed by atoms with Crippen LogP contribution in [0.5, 0.6) is 0 Å². The van der Waals surface area contributed by atoms with Crippen LogP contribution >= 0.6 is 0 Å². The van der Waals surface area contributed by atoms with E-state index < -0.39 is 5.97 Å². The molecule has 2 heterocycles. The number of aromatic carboxylic acids is 1. The summed E-state index contributed by atoms with van der Waals surface area (Å²) in [5.41, 5.74) is 1.14. The summed E-state index contributed by atoms with van der Waals surface area (Å²) >= 11 is 0. The monoisotopic (exact) mass is 328 g/mol. The number of carboxylic acid groups (broad SMARTS) is 1. The number of carboxylic acids is 1. The fourth-order valence-corrected chi connectivity index (χ4v) is 3.12. The lowest BCUT2D eigenvalue weighted by molar-refractivity contribution is -0.133. The Morgan fingerprint density at radius 3 is 2.75 bits per heavy atom. The number of rotatable bonds is 5. The molecule has 0 aliphatic carbocycles. The van der Waals surface area contributed by atoms with Gasteiger partial charge in [0.05, 0.1) is 6.20 Å². The second kappa shape index (κ2) is 7.25. The Hall–Kier alpha value is -2.70. The molecule has 2 aromatic rings. The summed E-state index contributed by atoms with van der Waals surface area (Å²) in [5.74, 6) is -0.736. The van der Waals surface area contributed by atoms with E-state index >= 15 is 0 Å². The lowest BCUT2D eigenvalue weighted by atomic mass is 9.91. The molecule has 1 N–H and O–H groups in total. The smallest absolute Gasteiger partial charge is 0.358 e. The quantitative estimate of drug-likeness (QED) is 0.897. The van der Waals surface area contributed by atoms with Gasteiger partial charge in [-0.15, -0.1) is 5.10 Å². The van der Waals surface area contributed by atoms with Gasteiger partial charge in [-0.2, -0.15) is 0 Å². The zero-order valence-corrected chi connectivity index (χ0v) is 13.3. The molecule has 1 saturated heterocycles. The molecular formula is C17H20N4O3. The summed E-state index contributed by atoms with van der Waals surface area (Å²) in [7, 11) is 0. The van der Waals surface area contributed by atoms with Crippen LogP contribution in [0.4, 0.5) is 0 Å². The van der Waals surface area contributed by atoms with Crippen LogP contribution in [-0.2, 0) is 17.8 Å². The van der Waals surface area contributed by atoms with Gasteiger partial charge in [-0.25, -0.2) is 9.48 Å². The maximum Gasteiger partial charge on any atom is 0.358 e. The zero-order valence-electron chi connectivity index (χ0n) is 13.3. The first-order valence-corrected chi connectivity index (χ1v) is 8.07. The summed E-state index contributed by atoms with van der Waals surface area (Å²) in [6.45, 7) is 1.50. The Labute approximate surface area is 139 Å². The molecule has 1 amide bonds. The summed E-state index contributed by atoms with van der Waals surface area (Å²) < 4.78 is 1.28. The van der Waals surface area contributed by atoms with E-state index in [0.717, 1.165) is 32.4 Å². The Balaban J connectivity index is 1.57. The molecule has 1 aliphatic heterocycles. The number of likely N-dealkylation sites (tertiary alicyclic amines) is 1. The third-order valence-corrected chi connectivity index (χ3v) is 4.29. The summed E-state index contributed by atoms with van der Waals surface area (Å²) in [6.07, 6.45) is 4.36. The van der Waals surface area contributed by atoms with E-state index in [4.69, 9.17) is 5.11 Å². The molecule has 1 atom stereocenters. The number of amides is 1. The molecular weight excluding hydrogens is 308 g/mol. The van der Waals surface area contributed by atoms with Crippen LogP contribution < -0.4 is 0 Å². The molecule has 0 spiro atoms. The van der Waals surface area contributed by atoms with E-state index in [9.17, 15) is 9.59 Å². The first-order valence-electron chi connectivity index (χ1n) is 8.07. The van der Waals surface area contributed by atoms with Crippen molar-refractivity contribution >= 4 is 11.9 Å². The number of piperidine rings is 1. The Morgan fingerprint density at radius 1 is 1.25 bits per heavy atom. The lowest BCUT2D eigenvalue weighted by Crippen LogP contribution is -2.42. The van der Waals surface area contributed by atoms with E-state index in [-0.39, 0.29) is 18.1 Å². The average Bonchev–Trinajstić information content (AvgIpc) is 3.05. The molecule has 0 saturated carbocycles. The molecule has 0 bridgehead atoms. The number of carbonyl (C=O) groups excluding carboxylic acids is 1. The van der Waals surface area contributed by atoms with Gasteiger partial charge in [-0.3, -0.25) is 4.79 Å². The highest BCUT2D eigenvalue weighted by Crippen LogP contribution is 2.21. The Morgan fingerprint density at radius 2 is 2.04 bits per heavy atom. The van der Waals surface area contributed by atoms with Crippen molar-refractivity contribution < 1.29 is 14.7 Å². The van der Waals surface area contributed by atoms with Gasteiger partial charge in [0.1, 0.15) is 6.54 Å². The van der Waals surface area contributed by atoms with Crippen molar-refractivity contribution in [3.05, 3.63) is 47.8 Å². The van der Waals surface area contributed by atoms with Crippen LogP contribution in [0.15, 0.2) is 36.5 Å². The van der Waals surface area contributed by atoms with Gasteiger partial charge >= 0.3 is 5.97 Å². The molecule has 7 nitrogen and oxygen atoms in total. The Bertz CT molecular complexity index is 714. The molecule has 1 unspecified atom stereocenters. The minimum atomic E-state index is -1.14. The first kappa shape index (κ1) is 16.2. The second-order valence-corrected chi connectivity index (χ2v) is 6.14. The fourth-order valence-electron chi connectivity index (χ4n) is 3.12. The standard InChI is InChI=1S/C17H20N4O3/c22-16(12-21-11-15(17(23)24)18-19-21)20-8-4-7-14(10-20)9-13-5-2-1-3-6-13/h1-3,5-6,11,14H,4,7-10,12H2,(H,23,24). The molecule has 126 valence electrons. The minimum absolute atomic E-state index is 0.0261.